The van der Waals surface area contributed by atoms with Crippen molar-refractivity contribution in [1.82, 2.24) is 5.32 Å². The van der Waals surface area contributed by atoms with E-state index in [0.29, 0.717) is 6.61 Å². The third-order valence-electron chi connectivity index (χ3n) is 3.16. The summed E-state index contributed by atoms with van der Waals surface area (Å²) in [6, 6.07) is 8.81. The molecule has 1 fully saturated rings. The number of nitrogens with one attached hydrogen (secondary N) is 1. The average Bonchev–Trinajstić information content (AvgIpc) is 2.74. The Balaban J connectivity index is 1.98. The fourth-order valence-corrected chi connectivity index (χ4v) is 2.16. The zero-order valence-electron chi connectivity index (χ0n) is 11.2. The van der Waals surface area contributed by atoms with Gasteiger partial charge in [0.25, 0.3) is 0 Å². The first kappa shape index (κ1) is 14.9. The van der Waals surface area contributed by atoms with E-state index in [2.05, 4.69) is 5.32 Å². The van der Waals surface area contributed by atoms with Gasteiger partial charge in [0.2, 0.25) is 5.91 Å². The summed E-state index contributed by atoms with van der Waals surface area (Å²) in [7, 11) is 0. The lowest BCUT2D eigenvalue weighted by molar-refractivity contribution is -0.157. The van der Waals surface area contributed by atoms with E-state index in [-0.39, 0.29) is 12.5 Å². The van der Waals surface area contributed by atoms with E-state index in [1.807, 2.05) is 30.3 Å². The smallest absolute Gasteiger partial charge is 0.217 e. The Kier molecular flexibility index (Phi) is 5.08. The van der Waals surface area contributed by atoms with Gasteiger partial charge < -0.3 is 25.0 Å². The lowest BCUT2D eigenvalue weighted by atomic mass is 10.1. The first-order valence-corrected chi connectivity index (χ1v) is 6.49. The van der Waals surface area contributed by atoms with Gasteiger partial charge in [0.15, 0.2) is 6.29 Å². The van der Waals surface area contributed by atoms with E-state index < -0.39 is 24.5 Å². The van der Waals surface area contributed by atoms with Crippen LogP contribution in [-0.2, 0) is 20.9 Å². The Labute approximate surface area is 117 Å². The number of hydrogen-bond donors (Lipinski definition) is 3. The molecule has 0 bridgehead atoms. The molecule has 1 aromatic carbocycles. The molecule has 1 aliphatic heterocycles. The topological polar surface area (TPSA) is 88.0 Å². The lowest BCUT2D eigenvalue weighted by Gasteiger charge is -2.21. The van der Waals surface area contributed by atoms with E-state index >= 15 is 0 Å². The van der Waals surface area contributed by atoms with Gasteiger partial charge in [0, 0.05) is 6.92 Å². The Bertz CT molecular complexity index is 438. The highest BCUT2D eigenvalue weighted by molar-refractivity contribution is 5.73. The number of ether oxygens (including phenoxy) is 2. The van der Waals surface area contributed by atoms with Crippen LogP contribution in [0.1, 0.15) is 12.5 Å². The van der Waals surface area contributed by atoms with Crippen LogP contribution in [0.25, 0.3) is 0 Å². The summed E-state index contributed by atoms with van der Waals surface area (Å²) in [6.45, 7) is 1.32. The summed E-state index contributed by atoms with van der Waals surface area (Å²) >= 11 is 0. The minimum absolute atomic E-state index is 0.287. The van der Waals surface area contributed by atoms with E-state index in [1.165, 1.54) is 6.92 Å². The molecule has 1 saturated heterocycles. The predicted octanol–water partition coefficient (Wildman–Crippen LogP) is -0.214. The number of benzene rings is 1. The maximum absolute atomic E-state index is 11.2. The third kappa shape index (κ3) is 3.55. The van der Waals surface area contributed by atoms with Crippen LogP contribution in [0.4, 0.5) is 0 Å². The number of carbonyl (C=O) groups excluding carboxylic acids is 1. The van der Waals surface area contributed by atoms with Crippen molar-refractivity contribution in [3.05, 3.63) is 35.9 Å². The summed E-state index contributed by atoms with van der Waals surface area (Å²) in [4.78, 5) is 11.2. The maximum atomic E-state index is 11.2. The second-order valence-electron chi connectivity index (χ2n) is 4.74. The van der Waals surface area contributed by atoms with Crippen LogP contribution in [0.5, 0.6) is 0 Å². The molecule has 1 heterocycles. The van der Waals surface area contributed by atoms with Crippen LogP contribution in [0.15, 0.2) is 30.3 Å². The molecular formula is C14H19NO5. The highest BCUT2D eigenvalue weighted by atomic mass is 16.7. The first-order chi connectivity index (χ1) is 9.61. The van der Waals surface area contributed by atoms with Gasteiger partial charge in [0.05, 0.1) is 13.2 Å². The Hall–Kier alpha value is -1.47. The van der Waals surface area contributed by atoms with Crippen LogP contribution in [0.3, 0.4) is 0 Å². The van der Waals surface area contributed by atoms with E-state index in [1.54, 1.807) is 0 Å². The molecule has 0 aliphatic carbocycles. The summed E-state index contributed by atoms with van der Waals surface area (Å²) in [5.74, 6) is -0.287. The Morgan fingerprint density at radius 3 is 2.70 bits per heavy atom. The van der Waals surface area contributed by atoms with Gasteiger partial charge in [-0.1, -0.05) is 30.3 Å². The quantitative estimate of drug-likeness (QED) is 0.695. The van der Waals surface area contributed by atoms with E-state index in [4.69, 9.17) is 14.6 Å². The van der Waals surface area contributed by atoms with Crippen molar-refractivity contribution in [3.63, 3.8) is 0 Å². The molecule has 20 heavy (non-hydrogen) atoms. The number of aliphatic hydroxyl groups is 2. The van der Waals surface area contributed by atoms with Gasteiger partial charge in [0.1, 0.15) is 18.2 Å². The van der Waals surface area contributed by atoms with Crippen molar-refractivity contribution in [3.8, 4) is 0 Å². The molecule has 0 radical (unpaired) electrons. The largest absolute Gasteiger partial charge is 0.394 e. The van der Waals surface area contributed by atoms with Crippen LogP contribution in [0.2, 0.25) is 0 Å². The Morgan fingerprint density at radius 2 is 2.10 bits per heavy atom. The summed E-state index contributed by atoms with van der Waals surface area (Å²) in [5, 5.41) is 21.7. The highest BCUT2D eigenvalue weighted by Gasteiger charge is 2.44. The number of carbonyl (C=O) groups is 1. The van der Waals surface area contributed by atoms with Crippen molar-refractivity contribution < 1.29 is 24.5 Å². The first-order valence-electron chi connectivity index (χ1n) is 6.49. The van der Waals surface area contributed by atoms with Crippen LogP contribution in [-0.4, -0.2) is 47.3 Å². The number of amides is 1. The summed E-state index contributed by atoms with van der Waals surface area (Å²) < 4.78 is 11.0. The predicted molar refractivity (Wildman–Crippen MR) is 70.6 cm³/mol. The highest BCUT2D eigenvalue weighted by Crippen LogP contribution is 2.23. The Morgan fingerprint density at radius 1 is 1.40 bits per heavy atom. The van der Waals surface area contributed by atoms with Crippen molar-refractivity contribution in [1.29, 1.82) is 0 Å². The summed E-state index contributed by atoms with van der Waals surface area (Å²) in [6.07, 6.45) is -2.54. The number of rotatable bonds is 5. The standard InChI is InChI=1S/C14H19NO5/c1-9(17)15-12-13(18)11(7-16)20-14(12)19-8-10-5-3-2-4-6-10/h2-6,11-14,16,18H,7-8H2,1H3,(H,15,17)/t11-,12-,13+,14-/m1/s1. The fourth-order valence-electron chi connectivity index (χ4n) is 2.16. The molecule has 6 heteroatoms. The molecule has 1 aliphatic rings. The minimum atomic E-state index is -0.996. The van der Waals surface area contributed by atoms with Crippen molar-refractivity contribution in [2.45, 2.75) is 38.1 Å². The molecule has 4 atom stereocenters. The molecular weight excluding hydrogens is 262 g/mol. The zero-order valence-corrected chi connectivity index (χ0v) is 11.2. The van der Waals surface area contributed by atoms with Gasteiger partial charge in [-0.2, -0.15) is 0 Å². The molecule has 0 saturated carbocycles. The normalized spacial score (nSPS) is 29.4. The molecule has 6 nitrogen and oxygen atoms in total. The fraction of sp³-hybridized carbons (Fsp3) is 0.500. The van der Waals surface area contributed by atoms with Gasteiger partial charge in [-0.05, 0) is 5.56 Å². The molecule has 0 aromatic heterocycles. The minimum Gasteiger partial charge on any atom is -0.394 e. The number of hydrogen-bond acceptors (Lipinski definition) is 5. The van der Waals surface area contributed by atoms with Crippen LogP contribution >= 0.6 is 0 Å². The molecule has 110 valence electrons. The third-order valence-corrected chi connectivity index (χ3v) is 3.16. The van der Waals surface area contributed by atoms with Crippen molar-refractivity contribution >= 4 is 5.91 Å². The molecule has 3 N–H and O–H groups in total. The van der Waals surface area contributed by atoms with Gasteiger partial charge in [-0.25, -0.2) is 0 Å². The van der Waals surface area contributed by atoms with E-state index in [0.717, 1.165) is 5.56 Å². The van der Waals surface area contributed by atoms with Gasteiger partial charge >= 0.3 is 0 Å². The lowest BCUT2D eigenvalue weighted by Crippen LogP contribution is -2.48. The van der Waals surface area contributed by atoms with Gasteiger partial charge in [-0.15, -0.1) is 0 Å². The maximum Gasteiger partial charge on any atom is 0.217 e. The summed E-state index contributed by atoms with van der Waals surface area (Å²) in [5.41, 5.74) is 0.958. The molecule has 1 amide bonds. The number of aliphatic hydroxyl groups excluding tert-OH is 2. The van der Waals surface area contributed by atoms with Crippen LogP contribution in [0, 0.1) is 0 Å². The van der Waals surface area contributed by atoms with Gasteiger partial charge in [-0.3, -0.25) is 4.79 Å². The monoisotopic (exact) mass is 281 g/mol. The van der Waals surface area contributed by atoms with Crippen molar-refractivity contribution in [2.24, 2.45) is 0 Å². The van der Waals surface area contributed by atoms with Crippen LogP contribution < -0.4 is 5.32 Å². The molecule has 1 aromatic rings. The molecule has 2 rings (SSSR count). The van der Waals surface area contributed by atoms with Crippen molar-refractivity contribution in [2.75, 3.05) is 6.61 Å². The zero-order chi connectivity index (χ0) is 14.5. The van der Waals surface area contributed by atoms with E-state index in [9.17, 15) is 9.90 Å². The second-order valence-corrected chi connectivity index (χ2v) is 4.74. The second kappa shape index (κ2) is 6.81. The molecule has 0 spiro atoms. The average molecular weight is 281 g/mol. The SMILES string of the molecule is CC(=O)N[C@H]1[C@H](OCc2ccccc2)O[C@H](CO)[C@@H]1O. The molecule has 0 unspecified atom stereocenters.